The quantitative estimate of drug-likeness (QED) is 0.301. The monoisotopic (exact) mass is 402 g/mol. The molecule has 0 fully saturated rings. The summed E-state index contributed by atoms with van der Waals surface area (Å²) in [6.07, 6.45) is 11.3. The molecule has 0 atom stereocenters. The Bertz CT molecular complexity index is 862. The maximum atomic E-state index is 9.09. The zero-order valence-corrected chi connectivity index (χ0v) is 17.7. The van der Waals surface area contributed by atoms with Gasteiger partial charge in [-0.25, -0.2) is 4.98 Å². The predicted molar refractivity (Wildman–Crippen MR) is 121 cm³/mol. The molecular formula is C22H27ClN2OS. The highest BCUT2D eigenvalue weighted by atomic mass is 35.5. The summed E-state index contributed by atoms with van der Waals surface area (Å²) in [7, 11) is 0. The fourth-order valence-corrected chi connectivity index (χ4v) is 3.32. The largest absolute Gasteiger partial charge is 0.392 e. The zero-order valence-electron chi connectivity index (χ0n) is 16.1. The van der Waals surface area contributed by atoms with Gasteiger partial charge < -0.3 is 10.1 Å². The van der Waals surface area contributed by atoms with Crippen molar-refractivity contribution < 1.29 is 5.11 Å². The standard InChI is InChI=1S/C20H21ClN2OS.C2H6/c1-4-16(7-5-11-21)25-19-17-8-6-12-22-20(17)23-18(19)15(3)10-9-14(2)13-24;1-2/h4-10,12,24H,2-3,11,13H2,1H3,(H,22,23);1-2H3/b7-5-,10-9-,16-4+;. The summed E-state index contributed by atoms with van der Waals surface area (Å²) >= 11 is 7.39. The van der Waals surface area contributed by atoms with E-state index in [2.05, 4.69) is 23.1 Å². The van der Waals surface area contributed by atoms with Gasteiger partial charge in [0, 0.05) is 27.3 Å². The second-order valence-corrected chi connectivity index (χ2v) is 6.65. The normalized spacial score (nSPS) is 11.8. The molecule has 0 bridgehead atoms. The lowest BCUT2D eigenvalue weighted by Crippen LogP contribution is -1.86. The van der Waals surface area contributed by atoms with E-state index in [9.17, 15) is 0 Å². The van der Waals surface area contributed by atoms with E-state index in [1.807, 2.05) is 57.2 Å². The van der Waals surface area contributed by atoms with Gasteiger partial charge in [0.05, 0.1) is 12.3 Å². The van der Waals surface area contributed by atoms with Crippen molar-refractivity contribution in [3.05, 3.63) is 78.0 Å². The Labute approximate surface area is 171 Å². The number of fused-ring (bicyclic) bond motifs is 1. The number of aromatic amines is 1. The van der Waals surface area contributed by atoms with Crippen LogP contribution in [-0.2, 0) is 0 Å². The molecule has 27 heavy (non-hydrogen) atoms. The van der Waals surface area contributed by atoms with E-state index in [0.717, 1.165) is 32.1 Å². The number of rotatable bonds is 8. The van der Waals surface area contributed by atoms with Gasteiger partial charge >= 0.3 is 0 Å². The number of alkyl halides is 1. The fourth-order valence-electron chi connectivity index (χ4n) is 2.15. The molecule has 0 aliphatic heterocycles. The van der Waals surface area contributed by atoms with Crippen molar-refractivity contribution in [2.24, 2.45) is 0 Å². The molecule has 0 unspecified atom stereocenters. The highest BCUT2D eigenvalue weighted by Crippen LogP contribution is 2.38. The predicted octanol–water partition coefficient (Wildman–Crippen LogP) is 6.50. The average molecular weight is 403 g/mol. The lowest BCUT2D eigenvalue weighted by atomic mass is 10.1. The van der Waals surface area contributed by atoms with E-state index in [0.29, 0.717) is 11.5 Å². The summed E-state index contributed by atoms with van der Waals surface area (Å²) < 4.78 is 0. The molecule has 0 saturated carbocycles. The number of aromatic nitrogens is 2. The van der Waals surface area contributed by atoms with E-state index in [1.54, 1.807) is 24.0 Å². The molecule has 2 heterocycles. The van der Waals surface area contributed by atoms with Gasteiger partial charge in [-0.1, -0.05) is 69.1 Å². The van der Waals surface area contributed by atoms with Crippen molar-refractivity contribution in [3.63, 3.8) is 0 Å². The van der Waals surface area contributed by atoms with Crippen LogP contribution in [0.5, 0.6) is 0 Å². The van der Waals surface area contributed by atoms with E-state index in [1.165, 1.54) is 0 Å². The van der Waals surface area contributed by atoms with Crippen LogP contribution in [0, 0.1) is 0 Å². The Morgan fingerprint density at radius 2 is 2.04 bits per heavy atom. The van der Waals surface area contributed by atoms with E-state index in [4.69, 9.17) is 16.7 Å². The minimum atomic E-state index is -0.0778. The highest BCUT2D eigenvalue weighted by Gasteiger charge is 2.15. The molecular weight excluding hydrogens is 376 g/mol. The molecule has 0 aliphatic rings. The number of allylic oxidation sites excluding steroid dienone is 5. The average Bonchev–Trinajstić information content (AvgIpc) is 3.08. The molecule has 144 valence electrons. The first-order chi connectivity index (χ1) is 13.1. The second-order valence-electron chi connectivity index (χ2n) is 5.25. The van der Waals surface area contributed by atoms with Crippen LogP contribution in [0.1, 0.15) is 26.5 Å². The van der Waals surface area contributed by atoms with Gasteiger partial charge in [-0.15, -0.1) is 11.6 Å². The number of H-pyrrole nitrogens is 1. The van der Waals surface area contributed by atoms with Crippen molar-refractivity contribution in [2.45, 2.75) is 25.7 Å². The van der Waals surface area contributed by atoms with E-state index >= 15 is 0 Å². The van der Waals surface area contributed by atoms with Crippen LogP contribution in [0.25, 0.3) is 16.6 Å². The maximum Gasteiger partial charge on any atom is 0.138 e. The third kappa shape index (κ3) is 6.58. The van der Waals surface area contributed by atoms with Crippen molar-refractivity contribution in [1.29, 1.82) is 0 Å². The summed E-state index contributed by atoms with van der Waals surface area (Å²) in [4.78, 5) is 9.88. The van der Waals surface area contributed by atoms with Gasteiger partial charge in [0.1, 0.15) is 5.65 Å². The van der Waals surface area contributed by atoms with Gasteiger partial charge in [-0.2, -0.15) is 0 Å². The molecule has 3 nitrogen and oxygen atoms in total. The third-order valence-electron chi connectivity index (χ3n) is 3.44. The Morgan fingerprint density at radius 3 is 2.67 bits per heavy atom. The van der Waals surface area contributed by atoms with Gasteiger partial charge in [0.15, 0.2) is 0 Å². The molecule has 0 radical (unpaired) electrons. The molecule has 2 N–H and O–H groups in total. The van der Waals surface area contributed by atoms with Crippen molar-refractivity contribution in [1.82, 2.24) is 9.97 Å². The number of hydrogen-bond donors (Lipinski definition) is 2. The topological polar surface area (TPSA) is 48.9 Å². The molecule has 5 heteroatoms. The van der Waals surface area contributed by atoms with Gasteiger partial charge in [0.2, 0.25) is 0 Å². The Balaban J connectivity index is 0.00000176. The fraction of sp³-hybridized carbons (Fsp3) is 0.227. The molecule has 2 aromatic rings. The lowest BCUT2D eigenvalue weighted by molar-refractivity contribution is 0.335. The molecule has 0 amide bonds. The molecule has 2 rings (SSSR count). The SMILES string of the molecule is C=C(/C=C\C(=C)c1[nH]c2ncccc2c1SC(/C=C\CCl)=C/C)CO.CC. The summed E-state index contributed by atoms with van der Waals surface area (Å²) in [6, 6.07) is 3.95. The summed E-state index contributed by atoms with van der Waals surface area (Å²) in [6.45, 7) is 13.8. The number of halogens is 1. The van der Waals surface area contributed by atoms with Gasteiger partial charge in [-0.05, 0) is 30.2 Å². The molecule has 2 aromatic heterocycles. The Morgan fingerprint density at radius 1 is 1.30 bits per heavy atom. The van der Waals surface area contributed by atoms with E-state index in [-0.39, 0.29) is 6.61 Å². The summed E-state index contributed by atoms with van der Waals surface area (Å²) in [5.41, 5.74) is 3.14. The van der Waals surface area contributed by atoms with Crippen LogP contribution in [0.3, 0.4) is 0 Å². The number of nitrogens with zero attached hydrogens (tertiary/aromatic N) is 1. The van der Waals surface area contributed by atoms with Crippen LogP contribution in [0.2, 0.25) is 0 Å². The second kappa shape index (κ2) is 12.4. The van der Waals surface area contributed by atoms with Crippen molar-refractivity contribution in [2.75, 3.05) is 12.5 Å². The Hall–Kier alpha value is -2.01. The maximum absolute atomic E-state index is 9.09. The first-order valence-electron chi connectivity index (χ1n) is 8.80. The molecule has 0 aromatic carbocycles. The van der Waals surface area contributed by atoms with Gasteiger partial charge in [0.25, 0.3) is 0 Å². The smallest absolute Gasteiger partial charge is 0.138 e. The number of hydrogen-bond acceptors (Lipinski definition) is 3. The number of pyridine rings is 1. The number of aliphatic hydroxyl groups is 1. The lowest BCUT2D eigenvalue weighted by Gasteiger charge is -2.06. The molecule has 0 aliphatic carbocycles. The minimum absolute atomic E-state index is 0.0778. The summed E-state index contributed by atoms with van der Waals surface area (Å²) in [5, 5.41) is 10.1. The van der Waals surface area contributed by atoms with Crippen LogP contribution >= 0.6 is 23.4 Å². The van der Waals surface area contributed by atoms with Crippen LogP contribution in [0.4, 0.5) is 0 Å². The number of thioether (sulfide) groups is 1. The van der Waals surface area contributed by atoms with Crippen LogP contribution < -0.4 is 0 Å². The highest BCUT2D eigenvalue weighted by molar-refractivity contribution is 8.03. The Kier molecular flexibility index (Phi) is 10.6. The number of aliphatic hydroxyl groups excluding tert-OH is 1. The first kappa shape index (κ1) is 23.0. The van der Waals surface area contributed by atoms with Gasteiger partial charge in [-0.3, -0.25) is 0 Å². The van der Waals surface area contributed by atoms with Crippen LogP contribution in [-0.4, -0.2) is 27.6 Å². The van der Waals surface area contributed by atoms with E-state index < -0.39 is 0 Å². The number of nitrogens with one attached hydrogen (secondary N) is 1. The summed E-state index contributed by atoms with van der Waals surface area (Å²) in [5.74, 6) is 0.471. The molecule has 0 saturated heterocycles. The van der Waals surface area contributed by atoms with Crippen molar-refractivity contribution >= 4 is 40.0 Å². The van der Waals surface area contributed by atoms with Crippen molar-refractivity contribution in [3.8, 4) is 0 Å². The zero-order chi connectivity index (χ0) is 20.2. The third-order valence-corrected chi connectivity index (χ3v) is 4.86. The van der Waals surface area contributed by atoms with Crippen LogP contribution in [0.15, 0.2) is 77.2 Å². The first-order valence-corrected chi connectivity index (χ1v) is 10.1. The molecule has 0 spiro atoms. The minimum Gasteiger partial charge on any atom is -0.392 e.